The third-order valence-corrected chi connectivity index (χ3v) is 4.49. The summed E-state index contributed by atoms with van der Waals surface area (Å²) in [5.74, 6) is 0.137. The van der Waals surface area contributed by atoms with Gasteiger partial charge in [0.25, 0.3) is 0 Å². The second kappa shape index (κ2) is 7.57. The van der Waals surface area contributed by atoms with Crippen molar-refractivity contribution in [2.24, 2.45) is 0 Å². The first kappa shape index (κ1) is 16.0. The standard InChI is InChI=1S/C19H25N3O/c1-22-12-11-20-17(14-22)13-19(23)21-10-9-16-7-4-6-15-5-2-3-8-18(15)16/h2-8,17,20H,9-14H2,1H3,(H,21,23). The highest BCUT2D eigenvalue weighted by molar-refractivity contribution is 5.85. The molecule has 2 N–H and O–H groups in total. The van der Waals surface area contributed by atoms with E-state index in [1.54, 1.807) is 0 Å². The molecule has 2 aromatic rings. The molecule has 0 saturated carbocycles. The smallest absolute Gasteiger partial charge is 0.221 e. The van der Waals surface area contributed by atoms with Gasteiger partial charge in [0.2, 0.25) is 5.91 Å². The highest BCUT2D eigenvalue weighted by Crippen LogP contribution is 2.18. The molecule has 0 radical (unpaired) electrons. The van der Waals surface area contributed by atoms with E-state index in [9.17, 15) is 4.79 Å². The van der Waals surface area contributed by atoms with Crippen LogP contribution in [0, 0.1) is 0 Å². The number of piperazine rings is 1. The number of nitrogens with one attached hydrogen (secondary N) is 2. The molecule has 2 aromatic carbocycles. The summed E-state index contributed by atoms with van der Waals surface area (Å²) < 4.78 is 0. The van der Waals surface area contributed by atoms with Crippen molar-refractivity contribution in [3.05, 3.63) is 48.0 Å². The summed E-state index contributed by atoms with van der Waals surface area (Å²) in [6.07, 6.45) is 1.42. The highest BCUT2D eigenvalue weighted by Gasteiger charge is 2.18. The first-order chi connectivity index (χ1) is 11.2. The van der Waals surface area contributed by atoms with Gasteiger partial charge in [-0.3, -0.25) is 4.79 Å². The topological polar surface area (TPSA) is 44.4 Å². The minimum Gasteiger partial charge on any atom is -0.356 e. The van der Waals surface area contributed by atoms with Crippen LogP contribution in [0.3, 0.4) is 0 Å². The van der Waals surface area contributed by atoms with E-state index in [1.165, 1.54) is 16.3 Å². The molecule has 0 aliphatic carbocycles. The molecule has 0 bridgehead atoms. The third-order valence-electron chi connectivity index (χ3n) is 4.49. The molecule has 0 aromatic heterocycles. The largest absolute Gasteiger partial charge is 0.356 e. The minimum atomic E-state index is 0.137. The van der Waals surface area contributed by atoms with E-state index in [-0.39, 0.29) is 11.9 Å². The molecule has 122 valence electrons. The van der Waals surface area contributed by atoms with Gasteiger partial charge in [-0.25, -0.2) is 0 Å². The molecule has 23 heavy (non-hydrogen) atoms. The van der Waals surface area contributed by atoms with Crippen molar-refractivity contribution in [1.29, 1.82) is 0 Å². The number of amides is 1. The summed E-state index contributed by atoms with van der Waals surface area (Å²) in [5, 5.41) is 9.00. The van der Waals surface area contributed by atoms with Crippen LogP contribution in [-0.4, -0.2) is 50.1 Å². The summed E-state index contributed by atoms with van der Waals surface area (Å²) in [7, 11) is 2.10. The van der Waals surface area contributed by atoms with Crippen molar-refractivity contribution in [1.82, 2.24) is 15.5 Å². The van der Waals surface area contributed by atoms with Gasteiger partial charge >= 0.3 is 0 Å². The Morgan fingerprint density at radius 2 is 2.09 bits per heavy atom. The monoisotopic (exact) mass is 311 g/mol. The van der Waals surface area contributed by atoms with Gasteiger partial charge in [0, 0.05) is 38.6 Å². The third kappa shape index (κ3) is 4.30. The highest BCUT2D eigenvalue weighted by atomic mass is 16.1. The maximum atomic E-state index is 12.1. The van der Waals surface area contributed by atoms with Crippen LogP contribution in [0.25, 0.3) is 10.8 Å². The second-order valence-electron chi connectivity index (χ2n) is 6.36. The van der Waals surface area contributed by atoms with Crippen LogP contribution < -0.4 is 10.6 Å². The van der Waals surface area contributed by atoms with Crippen molar-refractivity contribution in [2.45, 2.75) is 18.9 Å². The molecule has 3 rings (SSSR count). The molecule has 4 heteroatoms. The molecular formula is C19H25N3O. The first-order valence-electron chi connectivity index (χ1n) is 8.37. The molecule has 0 spiro atoms. The van der Waals surface area contributed by atoms with Gasteiger partial charge in [-0.1, -0.05) is 42.5 Å². The lowest BCUT2D eigenvalue weighted by atomic mass is 10.0. The van der Waals surface area contributed by atoms with Crippen molar-refractivity contribution in [2.75, 3.05) is 33.2 Å². The van der Waals surface area contributed by atoms with E-state index in [2.05, 4.69) is 65.0 Å². The van der Waals surface area contributed by atoms with E-state index in [1.807, 2.05) is 0 Å². The van der Waals surface area contributed by atoms with Crippen molar-refractivity contribution < 1.29 is 4.79 Å². The quantitative estimate of drug-likeness (QED) is 0.885. The predicted octanol–water partition coefficient (Wildman–Crippen LogP) is 1.79. The molecule has 1 heterocycles. The zero-order valence-electron chi connectivity index (χ0n) is 13.7. The fourth-order valence-electron chi connectivity index (χ4n) is 3.27. The zero-order valence-corrected chi connectivity index (χ0v) is 13.7. The Balaban J connectivity index is 1.49. The van der Waals surface area contributed by atoms with Crippen LogP contribution in [0.15, 0.2) is 42.5 Å². The number of likely N-dealkylation sites (N-methyl/N-ethyl adjacent to an activating group) is 1. The summed E-state index contributed by atoms with van der Waals surface area (Å²) in [6, 6.07) is 15.0. The predicted molar refractivity (Wildman–Crippen MR) is 94.6 cm³/mol. The number of rotatable bonds is 5. The Kier molecular flexibility index (Phi) is 5.26. The summed E-state index contributed by atoms with van der Waals surface area (Å²) in [5.41, 5.74) is 1.29. The number of hydrogen-bond donors (Lipinski definition) is 2. The molecule has 1 saturated heterocycles. The van der Waals surface area contributed by atoms with Crippen LogP contribution in [0.1, 0.15) is 12.0 Å². The minimum absolute atomic E-state index is 0.137. The van der Waals surface area contributed by atoms with Crippen LogP contribution >= 0.6 is 0 Å². The lowest BCUT2D eigenvalue weighted by molar-refractivity contribution is -0.121. The van der Waals surface area contributed by atoms with Crippen LogP contribution in [0.4, 0.5) is 0 Å². The van der Waals surface area contributed by atoms with E-state index >= 15 is 0 Å². The number of hydrogen-bond acceptors (Lipinski definition) is 3. The first-order valence-corrected chi connectivity index (χ1v) is 8.37. The summed E-state index contributed by atoms with van der Waals surface area (Å²) in [4.78, 5) is 14.4. The fourth-order valence-corrected chi connectivity index (χ4v) is 3.27. The number of benzene rings is 2. The maximum absolute atomic E-state index is 12.1. The lowest BCUT2D eigenvalue weighted by Gasteiger charge is -2.30. The maximum Gasteiger partial charge on any atom is 0.221 e. The molecule has 1 aliphatic rings. The molecular weight excluding hydrogens is 286 g/mol. The molecule has 1 aliphatic heterocycles. The van der Waals surface area contributed by atoms with Crippen LogP contribution in [0.5, 0.6) is 0 Å². The van der Waals surface area contributed by atoms with Crippen LogP contribution in [0.2, 0.25) is 0 Å². The van der Waals surface area contributed by atoms with Gasteiger partial charge in [-0.05, 0) is 29.8 Å². The molecule has 1 amide bonds. The lowest BCUT2D eigenvalue weighted by Crippen LogP contribution is -2.50. The Morgan fingerprint density at radius 3 is 2.96 bits per heavy atom. The number of carbonyl (C=O) groups excluding carboxylic acids is 1. The van der Waals surface area contributed by atoms with E-state index in [0.717, 1.165) is 26.1 Å². The summed E-state index contributed by atoms with van der Waals surface area (Å²) in [6.45, 7) is 3.65. The Labute approximate surface area is 137 Å². The van der Waals surface area contributed by atoms with Gasteiger partial charge in [-0.2, -0.15) is 0 Å². The van der Waals surface area contributed by atoms with Gasteiger partial charge in [0.05, 0.1) is 0 Å². The normalized spacial score (nSPS) is 18.9. The van der Waals surface area contributed by atoms with Gasteiger partial charge in [0.15, 0.2) is 0 Å². The number of nitrogens with zero attached hydrogens (tertiary/aromatic N) is 1. The fraction of sp³-hybridized carbons (Fsp3) is 0.421. The van der Waals surface area contributed by atoms with Crippen molar-refractivity contribution >= 4 is 16.7 Å². The van der Waals surface area contributed by atoms with Gasteiger partial charge in [-0.15, -0.1) is 0 Å². The van der Waals surface area contributed by atoms with E-state index in [4.69, 9.17) is 0 Å². The van der Waals surface area contributed by atoms with Gasteiger partial charge < -0.3 is 15.5 Å². The molecule has 1 atom stereocenters. The van der Waals surface area contributed by atoms with E-state index < -0.39 is 0 Å². The Hall–Kier alpha value is -1.91. The van der Waals surface area contributed by atoms with Crippen LogP contribution in [-0.2, 0) is 11.2 Å². The Bertz CT molecular complexity index is 665. The molecule has 4 nitrogen and oxygen atoms in total. The second-order valence-corrected chi connectivity index (χ2v) is 6.36. The van der Waals surface area contributed by atoms with E-state index in [0.29, 0.717) is 13.0 Å². The SMILES string of the molecule is CN1CCNC(CC(=O)NCCc2cccc3ccccc23)C1. The number of carbonyl (C=O) groups is 1. The number of fused-ring (bicyclic) bond motifs is 1. The molecule has 1 fully saturated rings. The average molecular weight is 311 g/mol. The summed E-state index contributed by atoms with van der Waals surface area (Å²) >= 11 is 0. The van der Waals surface area contributed by atoms with Crippen molar-refractivity contribution in [3.8, 4) is 0 Å². The zero-order chi connectivity index (χ0) is 16.1. The van der Waals surface area contributed by atoms with Gasteiger partial charge in [0.1, 0.15) is 0 Å². The van der Waals surface area contributed by atoms with Crippen molar-refractivity contribution in [3.63, 3.8) is 0 Å². The Morgan fingerprint density at radius 1 is 1.26 bits per heavy atom. The molecule has 1 unspecified atom stereocenters. The average Bonchev–Trinajstić information content (AvgIpc) is 2.55.